The standard InChI is InChI=1S/C25H25N5O4S/c1-4-30-21(27-28-29-30)14-34-19-12-10-18(11-13-19)23(31)26-24-22(25(32)33-5-2)20(15-35-24)17-8-6-16(3)7-9-17/h6-13,15H,4-5,14H2,1-3H3,(H,26,31). The average Bonchev–Trinajstić information content (AvgIpc) is 3.50. The minimum absolute atomic E-state index is 0.215. The molecule has 0 aliphatic heterocycles. The Balaban J connectivity index is 1.50. The number of tetrazole rings is 1. The first-order chi connectivity index (χ1) is 17.0. The molecule has 0 fully saturated rings. The van der Waals surface area contributed by atoms with Gasteiger partial charge < -0.3 is 14.8 Å². The lowest BCUT2D eigenvalue weighted by atomic mass is 10.0. The molecule has 0 saturated carbocycles. The molecule has 180 valence electrons. The highest BCUT2D eigenvalue weighted by Gasteiger charge is 2.23. The molecular formula is C25H25N5O4S. The molecule has 2 heterocycles. The quantitative estimate of drug-likeness (QED) is 0.337. The third kappa shape index (κ3) is 5.55. The van der Waals surface area contributed by atoms with Crippen LogP contribution in [0.4, 0.5) is 5.00 Å². The second kappa shape index (κ2) is 10.9. The molecule has 35 heavy (non-hydrogen) atoms. The lowest BCUT2D eigenvalue weighted by Gasteiger charge is -2.10. The normalized spacial score (nSPS) is 10.7. The van der Waals surface area contributed by atoms with E-state index in [1.165, 1.54) is 11.3 Å². The fraction of sp³-hybridized carbons (Fsp3) is 0.240. The van der Waals surface area contributed by atoms with E-state index in [9.17, 15) is 9.59 Å². The number of amides is 1. The van der Waals surface area contributed by atoms with Gasteiger partial charge in [0.05, 0.1) is 6.61 Å². The molecule has 0 radical (unpaired) electrons. The first-order valence-electron chi connectivity index (χ1n) is 11.1. The number of anilines is 1. The lowest BCUT2D eigenvalue weighted by Crippen LogP contribution is -2.14. The van der Waals surface area contributed by atoms with Crippen molar-refractivity contribution in [3.8, 4) is 16.9 Å². The average molecular weight is 492 g/mol. The van der Waals surface area contributed by atoms with Crippen molar-refractivity contribution in [1.29, 1.82) is 0 Å². The van der Waals surface area contributed by atoms with Crippen molar-refractivity contribution < 1.29 is 19.1 Å². The van der Waals surface area contributed by atoms with Crippen molar-refractivity contribution in [3.05, 3.63) is 76.4 Å². The Kier molecular flexibility index (Phi) is 7.51. The number of hydrogen-bond acceptors (Lipinski definition) is 8. The van der Waals surface area contributed by atoms with E-state index in [4.69, 9.17) is 9.47 Å². The molecular weight excluding hydrogens is 466 g/mol. The minimum Gasteiger partial charge on any atom is -0.486 e. The van der Waals surface area contributed by atoms with E-state index in [2.05, 4.69) is 20.8 Å². The number of aromatic nitrogens is 4. The van der Waals surface area contributed by atoms with Crippen LogP contribution in [0.5, 0.6) is 5.75 Å². The zero-order valence-electron chi connectivity index (χ0n) is 19.6. The van der Waals surface area contributed by atoms with Gasteiger partial charge in [-0.3, -0.25) is 4.79 Å². The fourth-order valence-electron chi connectivity index (χ4n) is 3.40. The Morgan fingerprint density at radius 3 is 2.49 bits per heavy atom. The molecule has 1 N–H and O–H groups in total. The monoisotopic (exact) mass is 491 g/mol. The molecule has 2 aromatic heterocycles. The number of ether oxygens (including phenoxy) is 2. The summed E-state index contributed by atoms with van der Waals surface area (Å²) in [5.74, 6) is 0.382. The Morgan fingerprint density at radius 2 is 1.80 bits per heavy atom. The summed E-state index contributed by atoms with van der Waals surface area (Å²) in [6, 6.07) is 14.6. The topological polar surface area (TPSA) is 108 Å². The summed E-state index contributed by atoms with van der Waals surface area (Å²) < 4.78 is 12.7. The van der Waals surface area contributed by atoms with Gasteiger partial charge in [0, 0.05) is 23.1 Å². The van der Waals surface area contributed by atoms with Crippen LogP contribution in [-0.2, 0) is 17.9 Å². The summed E-state index contributed by atoms with van der Waals surface area (Å²) in [6.45, 7) is 6.79. The summed E-state index contributed by atoms with van der Waals surface area (Å²) >= 11 is 1.29. The maximum atomic E-state index is 12.9. The molecule has 10 heteroatoms. The third-order valence-corrected chi connectivity index (χ3v) is 6.15. The number of aryl methyl sites for hydroxylation is 2. The Morgan fingerprint density at radius 1 is 1.06 bits per heavy atom. The molecule has 0 unspecified atom stereocenters. The number of rotatable bonds is 9. The highest BCUT2D eigenvalue weighted by Crippen LogP contribution is 2.36. The summed E-state index contributed by atoms with van der Waals surface area (Å²) in [5.41, 5.74) is 3.50. The van der Waals surface area contributed by atoms with Crippen molar-refractivity contribution in [2.45, 2.75) is 33.9 Å². The number of nitrogens with one attached hydrogen (secondary N) is 1. The molecule has 0 saturated heterocycles. The van der Waals surface area contributed by atoms with E-state index in [0.29, 0.717) is 34.2 Å². The van der Waals surface area contributed by atoms with Crippen molar-refractivity contribution >= 4 is 28.2 Å². The summed E-state index contributed by atoms with van der Waals surface area (Å²) in [5, 5.41) is 16.6. The third-order valence-electron chi connectivity index (χ3n) is 5.25. The van der Waals surface area contributed by atoms with Gasteiger partial charge in [0.2, 0.25) is 0 Å². The molecule has 0 aliphatic carbocycles. The maximum absolute atomic E-state index is 12.9. The van der Waals surface area contributed by atoms with E-state index < -0.39 is 5.97 Å². The van der Waals surface area contributed by atoms with Crippen molar-refractivity contribution in [3.63, 3.8) is 0 Å². The van der Waals surface area contributed by atoms with Crippen molar-refractivity contribution in [2.75, 3.05) is 11.9 Å². The second-order valence-electron chi connectivity index (χ2n) is 7.62. The fourth-order valence-corrected chi connectivity index (χ4v) is 4.35. The van der Waals surface area contributed by atoms with E-state index in [0.717, 1.165) is 16.7 Å². The molecule has 0 spiro atoms. The van der Waals surface area contributed by atoms with Crippen LogP contribution in [-0.4, -0.2) is 38.7 Å². The smallest absolute Gasteiger partial charge is 0.341 e. The van der Waals surface area contributed by atoms with Crippen LogP contribution in [0, 0.1) is 6.92 Å². The molecule has 0 atom stereocenters. The lowest BCUT2D eigenvalue weighted by molar-refractivity contribution is 0.0529. The van der Waals surface area contributed by atoms with Crippen LogP contribution in [0.25, 0.3) is 11.1 Å². The molecule has 4 rings (SSSR count). The van der Waals surface area contributed by atoms with Gasteiger partial charge >= 0.3 is 5.97 Å². The SMILES string of the molecule is CCOC(=O)c1c(-c2ccc(C)cc2)csc1NC(=O)c1ccc(OCc2nnnn2CC)cc1. The minimum atomic E-state index is -0.474. The van der Waals surface area contributed by atoms with Crippen LogP contribution >= 0.6 is 11.3 Å². The zero-order valence-corrected chi connectivity index (χ0v) is 20.5. The Labute approximate surface area is 206 Å². The van der Waals surface area contributed by atoms with Gasteiger partial charge in [-0.05, 0) is 61.0 Å². The molecule has 0 aliphatic rings. The van der Waals surface area contributed by atoms with E-state index in [1.54, 1.807) is 35.9 Å². The number of benzene rings is 2. The Hall–Kier alpha value is -4.05. The van der Waals surface area contributed by atoms with E-state index >= 15 is 0 Å². The Bertz CT molecular complexity index is 1310. The van der Waals surface area contributed by atoms with Gasteiger partial charge in [0.25, 0.3) is 5.91 Å². The van der Waals surface area contributed by atoms with Crippen molar-refractivity contribution in [1.82, 2.24) is 20.2 Å². The molecule has 9 nitrogen and oxygen atoms in total. The molecule has 0 bridgehead atoms. The molecule has 4 aromatic rings. The predicted molar refractivity (Wildman–Crippen MR) is 133 cm³/mol. The number of hydrogen-bond donors (Lipinski definition) is 1. The van der Waals surface area contributed by atoms with Gasteiger partial charge in [-0.2, -0.15) is 0 Å². The van der Waals surface area contributed by atoms with Gasteiger partial charge in [0.1, 0.15) is 22.9 Å². The molecule has 1 amide bonds. The van der Waals surface area contributed by atoms with Crippen LogP contribution < -0.4 is 10.1 Å². The summed E-state index contributed by atoms with van der Waals surface area (Å²) in [4.78, 5) is 25.7. The number of carbonyl (C=O) groups is 2. The number of thiophene rings is 1. The van der Waals surface area contributed by atoms with Gasteiger partial charge in [-0.15, -0.1) is 16.4 Å². The van der Waals surface area contributed by atoms with E-state index in [-0.39, 0.29) is 19.1 Å². The first kappa shape index (κ1) is 24.1. The van der Waals surface area contributed by atoms with Crippen LogP contribution in [0.1, 0.15) is 46.0 Å². The predicted octanol–water partition coefficient (Wildman–Crippen LogP) is 4.74. The molecule has 2 aromatic carbocycles. The van der Waals surface area contributed by atoms with Crippen LogP contribution in [0.2, 0.25) is 0 Å². The maximum Gasteiger partial charge on any atom is 0.341 e. The highest BCUT2D eigenvalue weighted by molar-refractivity contribution is 7.15. The number of esters is 1. The summed E-state index contributed by atoms with van der Waals surface area (Å²) in [6.07, 6.45) is 0. The number of nitrogens with zero attached hydrogens (tertiary/aromatic N) is 4. The first-order valence-corrected chi connectivity index (χ1v) is 12.0. The zero-order chi connectivity index (χ0) is 24.8. The van der Waals surface area contributed by atoms with Crippen molar-refractivity contribution in [2.24, 2.45) is 0 Å². The van der Waals surface area contributed by atoms with Crippen LogP contribution in [0.15, 0.2) is 53.9 Å². The largest absolute Gasteiger partial charge is 0.486 e. The van der Waals surface area contributed by atoms with Gasteiger partial charge in [-0.25, -0.2) is 9.48 Å². The van der Waals surface area contributed by atoms with E-state index in [1.807, 2.05) is 43.5 Å². The van der Waals surface area contributed by atoms with Gasteiger partial charge in [-0.1, -0.05) is 29.8 Å². The van der Waals surface area contributed by atoms with Gasteiger partial charge in [0.15, 0.2) is 5.82 Å². The second-order valence-corrected chi connectivity index (χ2v) is 8.50. The number of carbonyl (C=O) groups excluding carboxylic acids is 2. The summed E-state index contributed by atoms with van der Waals surface area (Å²) in [7, 11) is 0. The highest BCUT2D eigenvalue weighted by atomic mass is 32.1. The van der Waals surface area contributed by atoms with Crippen LogP contribution in [0.3, 0.4) is 0 Å².